The fraction of sp³-hybridized carbons (Fsp3) is 0.333. The van der Waals surface area contributed by atoms with E-state index in [-0.39, 0.29) is 17.5 Å². The van der Waals surface area contributed by atoms with Crippen molar-refractivity contribution in [1.29, 1.82) is 0 Å². The molecule has 3 rings (SSSR count). The monoisotopic (exact) mass is 365 g/mol. The van der Waals surface area contributed by atoms with Gasteiger partial charge in [0.1, 0.15) is 5.69 Å². The van der Waals surface area contributed by atoms with Crippen molar-refractivity contribution in [2.75, 3.05) is 13.1 Å². The largest absolute Gasteiger partial charge is 0.417 e. The number of H-pyrrole nitrogens is 1. The summed E-state index contributed by atoms with van der Waals surface area (Å²) in [6, 6.07) is 8.05. The minimum Gasteiger partial charge on any atom is -0.357 e. The van der Waals surface area contributed by atoms with Crippen LogP contribution in [0.4, 0.5) is 13.2 Å². The van der Waals surface area contributed by atoms with Crippen LogP contribution in [0.3, 0.4) is 0 Å². The molecule has 0 unspecified atom stereocenters. The number of alkyl halides is 3. The second-order valence-corrected chi connectivity index (χ2v) is 6.17. The highest BCUT2D eigenvalue weighted by Gasteiger charge is 2.36. The number of carbonyl (C=O) groups excluding carboxylic acids is 2. The number of aromatic nitrogens is 1. The first-order chi connectivity index (χ1) is 12.4. The van der Waals surface area contributed by atoms with Crippen LogP contribution in [0.25, 0.3) is 0 Å². The molecule has 1 aliphatic heterocycles. The van der Waals surface area contributed by atoms with Crippen LogP contribution in [0.15, 0.2) is 42.6 Å². The fourth-order valence-corrected chi connectivity index (χ4v) is 3.05. The Bertz CT molecular complexity index is 779. The van der Waals surface area contributed by atoms with E-state index in [4.69, 9.17) is 0 Å². The van der Waals surface area contributed by atoms with Crippen molar-refractivity contribution >= 4 is 11.8 Å². The molecule has 0 saturated carbocycles. The molecule has 138 valence electrons. The summed E-state index contributed by atoms with van der Waals surface area (Å²) in [7, 11) is 0. The topological polar surface area (TPSA) is 65.2 Å². The second kappa shape index (κ2) is 7.23. The van der Waals surface area contributed by atoms with Gasteiger partial charge >= 0.3 is 6.18 Å². The number of nitrogens with one attached hydrogen (secondary N) is 2. The normalized spacial score (nSPS) is 15.7. The highest BCUT2D eigenvalue weighted by atomic mass is 19.4. The predicted octanol–water partition coefficient (Wildman–Crippen LogP) is 3.07. The second-order valence-electron chi connectivity index (χ2n) is 6.17. The van der Waals surface area contributed by atoms with E-state index in [1.165, 1.54) is 23.1 Å². The van der Waals surface area contributed by atoms with Gasteiger partial charge in [-0.15, -0.1) is 0 Å². The van der Waals surface area contributed by atoms with E-state index in [2.05, 4.69) is 10.3 Å². The molecule has 1 aromatic carbocycles. The molecule has 2 heterocycles. The molecule has 0 aliphatic carbocycles. The summed E-state index contributed by atoms with van der Waals surface area (Å²) in [6.07, 6.45) is -1.94. The van der Waals surface area contributed by atoms with Crippen molar-refractivity contribution in [3.8, 4) is 0 Å². The summed E-state index contributed by atoms with van der Waals surface area (Å²) in [6.45, 7) is 0.585. The van der Waals surface area contributed by atoms with E-state index in [1.807, 2.05) is 0 Å². The van der Waals surface area contributed by atoms with Crippen LogP contribution < -0.4 is 5.32 Å². The zero-order valence-electron chi connectivity index (χ0n) is 13.8. The summed E-state index contributed by atoms with van der Waals surface area (Å²) in [5.74, 6) is -0.866. The third-order valence-electron chi connectivity index (χ3n) is 4.42. The Morgan fingerprint density at radius 1 is 1.08 bits per heavy atom. The molecule has 2 amide bonds. The van der Waals surface area contributed by atoms with Crippen molar-refractivity contribution in [3.63, 3.8) is 0 Å². The zero-order valence-corrected chi connectivity index (χ0v) is 13.8. The van der Waals surface area contributed by atoms with Gasteiger partial charge in [-0.3, -0.25) is 9.59 Å². The average Bonchev–Trinajstić information content (AvgIpc) is 3.16. The molecule has 1 aliphatic rings. The van der Waals surface area contributed by atoms with Gasteiger partial charge in [-0.1, -0.05) is 12.1 Å². The maximum atomic E-state index is 13.1. The maximum absolute atomic E-state index is 13.1. The first-order valence-electron chi connectivity index (χ1n) is 8.26. The van der Waals surface area contributed by atoms with Gasteiger partial charge in [0.25, 0.3) is 11.8 Å². The summed E-state index contributed by atoms with van der Waals surface area (Å²) < 4.78 is 39.3. The molecule has 2 aromatic rings. The van der Waals surface area contributed by atoms with E-state index in [0.717, 1.165) is 6.07 Å². The Hall–Kier alpha value is -2.77. The number of benzene rings is 1. The zero-order chi connectivity index (χ0) is 18.7. The quantitative estimate of drug-likeness (QED) is 0.878. The van der Waals surface area contributed by atoms with Crippen molar-refractivity contribution in [2.45, 2.75) is 25.1 Å². The Kier molecular flexibility index (Phi) is 5.01. The molecule has 2 N–H and O–H groups in total. The third kappa shape index (κ3) is 3.89. The Morgan fingerprint density at radius 2 is 1.77 bits per heavy atom. The highest BCUT2D eigenvalue weighted by Crippen LogP contribution is 2.32. The van der Waals surface area contributed by atoms with Crippen LogP contribution in [0.5, 0.6) is 0 Å². The highest BCUT2D eigenvalue weighted by molar-refractivity contribution is 5.96. The van der Waals surface area contributed by atoms with E-state index in [0.29, 0.717) is 31.6 Å². The maximum Gasteiger partial charge on any atom is 0.417 e. The standard InChI is InChI=1S/C18H18F3N3O2/c19-18(20,21)14-5-2-1-4-13(14)17(26)24-10-7-12(8-11-24)23-16(25)15-6-3-9-22-15/h1-6,9,12,22H,7-8,10-11H2,(H,23,25). The lowest BCUT2D eigenvalue weighted by Crippen LogP contribution is -2.46. The minimum atomic E-state index is -4.57. The van der Waals surface area contributed by atoms with Crippen LogP contribution in [0.1, 0.15) is 39.3 Å². The van der Waals surface area contributed by atoms with E-state index in [1.54, 1.807) is 18.3 Å². The van der Waals surface area contributed by atoms with Gasteiger partial charge in [0.05, 0.1) is 11.1 Å². The van der Waals surface area contributed by atoms with Gasteiger partial charge in [-0.05, 0) is 37.1 Å². The number of rotatable bonds is 3. The summed E-state index contributed by atoms with van der Waals surface area (Å²) in [4.78, 5) is 28.8. The predicted molar refractivity (Wildman–Crippen MR) is 88.6 cm³/mol. The van der Waals surface area contributed by atoms with Crippen molar-refractivity contribution < 1.29 is 22.8 Å². The van der Waals surface area contributed by atoms with Crippen LogP contribution in [0.2, 0.25) is 0 Å². The molecule has 1 aromatic heterocycles. The molecule has 0 bridgehead atoms. The number of nitrogens with zero attached hydrogens (tertiary/aromatic N) is 1. The number of piperidine rings is 1. The first kappa shape index (κ1) is 18.0. The summed E-state index contributed by atoms with van der Waals surface area (Å²) >= 11 is 0. The smallest absolute Gasteiger partial charge is 0.357 e. The van der Waals surface area contributed by atoms with Gasteiger partial charge in [0.2, 0.25) is 0 Å². The van der Waals surface area contributed by atoms with E-state index >= 15 is 0 Å². The van der Waals surface area contributed by atoms with Gasteiger partial charge < -0.3 is 15.2 Å². The molecule has 1 fully saturated rings. The molecule has 8 heteroatoms. The number of hydrogen-bond acceptors (Lipinski definition) is 2. The summed E-state index contributed by atoms with van der Waals surface area (Å²) in [5, 5.41) is 2.87. The van der Waals surface area contributed by atoms with Crippen molar-refractivity contribution in [1.82, 2.24) is 15.2 Å². The van der Waals surface area contributed by atoms with E-state index < -0.39 is 17.6 Å². The number of likely N-dealkylation sites (tertiary alicyclic amines) is 1. The number of halogens is 3. The third-order valence-corrected chi connectivity index (χ3v) is 4.42. The van der Waals surface area contributed by atoms with Gasteiger partial charge in [0.15, 0.2) is 0 Å². The lowest BCUT2D eigenvalue weighted by Gasteiger charge is -2.32. The van der Waals surface area contributed by atoms with E-state index in [9.17, 15) is 22.8 Å². The molecule has 0 spiro atoms. The van der Waals surface area contributed by atoms with Crippen molar-refractivity contribution in [2.24, 2.45) is 0 Å². The minimum absolute atomic E-state index is 0.118. The van der Waals surface area contributed by atoms with Crippen LogP contribution in [-0.2, 0) is 6.18 Å². The average molecular weight is 365 g/mol. The molecule has 5 nitrogen and oxygen atoms in total. The number of hydrogen-bond donors (Lipinski definition) is 2. The molecule has 1 saturated heterocycles. The number of amides is 2. The Balaban J connectivity index is 1.62. The fourth-order valence-electron chi connectivity index (χ4n) is 3.05. The van der Waals surface area contributed by atoms with Crippen LogP contribution >= 0.6 is 0 Å². The van der Waals surface area contributed by atoms with Crippen LogP contribution in [-0.4, -0.2) is 40.8 Å². The number of carbonyl (C=O) groups is 2. The SMILES string of the molecule is O=C(NC1CCN(C(=O)c2ccccc2C(F)(F)F)CC1)c1ccc[nH]1. The van der Waals surface area contributed by atoms with Gasteiger partial charge in [0, 0.05) is 25.3 Å². The Labute approximate surface area is 148 Å². The van der Waals surface area contributed by atoms with Gasteiger partial charge in [-0.25, -0.2) is 0 Å². The molecular formula is C18H18F3N3O2. The van der Waals surface area contributed by atoms with Gasteiger partial charge in [-0.2, -0.15) is 13.2 Å². The van der Waals surface area contributed by atoms with Crippen molar-refractivity contribution in [3.05, 3.63) is 59.4 Å². The molecular weight excluding hydrogens is 347 g/mol. The lowest BCUT2D eigenvalue weighted by atomic mass is 10.0. The lowest BCUT2D eigenvalue weighted by molar-refractivity contribution is -0.138. The molecule has 26 heavy (non-hydrogen) atoms. The molecule has 0 radical (unpaired) electrons. The Morgan fingerprint density at radius 3 is 2.38 bits per heavy atom. The first-order valence-corrected chi connectivity index (χ1v) is 8.26. The van der Waals surface area contributed by atoms with Crippen LogP contribution in [0, 0.1) is 0 Å². The number of aromatic amines is 1. The summed E-state index contributed by atoms with van der Waals surface area (Å²) in [5.41, 5.74) is -0.816. The molecule has 0 atom stereocenters.